The van der Waals surface area contributed by atoms with Crippen molar-refractivity contribution >= 4 is 22.0 Å². The summed E-state index contributed by atoms with van der Waals surface area (Å²) in [6, 6.07) is 10.6. The quantitative estimate of drug-likeness (QED) is 0.221. The number of carbonyl (C=O) groups is 2. The standard InChI is InChI=1S/C33H45N3O11S/c1-21(2)17-36(48(40,41)24-10-11-28-29(16-24)46-20-45-28)18-27(37)26(35-33(39)47-30-19-44-32-25(30)12-14-43-32)15-22-6-8-23(9-7-22)42-13-4-5-31(38)34-3/h6-11,16,21,25-27,30,32,37H,4-5,12-15,17-20H2,1-3H3,(H,34,38)(H,35,39)/t25?,26-,27+,30?,32?/m0/s1. The number of aliphatic hydroxyl groups excluding tert-OH is 1. The Morgan fingerprint density at radius 1 is 1.06 bits per heavy atom. The lowest BCUT2D eigenvalue weighted by Gasteiger charge is -2.31. The molecule has 3 aliphatic heterocycles. The maximum Gasteiger partial charge on any atom is 0.407 e. The molecule has 264 valence electrons. The number of amides is 2. The minimum absolute atomic E-state index is 0.00288. The Bertz CT molecular complexity index is 1500. The summed E-state index contributed by atoms with van der Waals surface area (Å²) in [6.07, 6.45) is -1.18. The van der Waals surface area contributed by atoms with Gasteiger partial charge >= 0.3 is 6.09 Å². The summed E-state index contributed by atoms with van der Waals surface area (Å²) in [5.74, 6) is 1.19. The molecule has 3 N–H and O–H groups in total. The molecule has 2 aromatic carbocycles. The predicted octanol–water partition coefficient (Wildman–Crippen LogP) is 2.43. The number of alkyl carbamates (subject to hydrolysis) is 1. The highest BCUT2D eigenvalue weighted by atomic mass is 32.2. The Hall–Kier alpha value is -3.63. The molecule has 2 fully saturated rings. The van der Waals surface area contributed by atoms with Crippen molar-refractivity contribution in [2.24, 2.45) is 11.8 Å². The number of hydrogen-bond donors (Lipinski definition) is 3. The fraction of sp³-hybridized carbons (Fsp3) is 0.576. The summed E-state index contributed by atoms with van der Waals surface area (Å²) < 4.78 is 62.3. The summed E-state index contributed by atoms with van der Waals surface area (Å²) in [4.78, 5) is 24.7. The molecule has 15 heteroatoms. The van der Waals surface area contributed by atoms with Crippen molar-refractivity contribution in [1.82, 2.24) is 14.9 Å². The van der Waals surface area contributed by atoms with Gasteiger partial charge in [0.2, 0.25) is 22.7 Å². The molecule has 3 heterocycles. The summed E-state index contributed by atoms with van der Waals surface area (Å²) in [5, 5.41) is 17.0. The van der Waals surface area contributed by atoms with Crippen molar-refractivity contribution in [3.8, 4) is 17.2 Å². The van der Waals surface area contributed by atoms with Crippen molar-refractivity contribution in [2.75, 3.05) is 46.8 Å². The third-order valence-corrected chi connectivity index (χ3v) is 10.3. The van der Waals surface area contributed by atoms with Crippen molar-refractivity contribution in [2.45, 2.75) is 69.0 Å². The number of nitrogens with one attached hydrogen (secondary N) is 2. The topological polar surface area (TPSA) is 171 Å². The van der Waals surface area contributed by atoms with Crippen LogP contribution >= 0.6 is 0 Å². The highest BCUT2D eigenvalue weighted by Gasteiger charge is 2.44. The molecule has 5 atom stereocenters. The largest absolute Gasteiger partial charge is 0.494 e. The van der Waals surface area contributed by atoms with E-state index in [4.69, 9.17) is 28.4 Å². The zero-order valence-corrected chi connectivity index (χ0v) is 28.3. The lowest BCUT2D eigenvalue weighted by Crippen LogP contribution is -2.51. The predicted molar refractivity (Wildman–Crippen MR) is 172 cm³/mol. The smallest absolute Gasteiger partial charge is 0.407 e. The Morgan fingerprint density at radius 2 is 1.83 bits per heavy atom. The molecule has 14 nitrogen and oxygen atoms in total. The Morgan fingerprint density at radius 3 is 2.58 bits per heavy atom. The Kier molecular flexibility index (Phi) is 12.0. The third-order valence-electron chi connectivity index (χ3n) is 8.43. The first kappa shape index (κ1) is 35.7. The molecule has 48 heavy (non-hydrogen) atoms. The van der Waals surface area contributed by atoms with Crippen LogP contribution in [-0.4, -0.2) is 101 Å². The molecular formula is C33H45N3O11S. The molecule has 0 spiro atoms. The SMILES string of the molecule is CNC(=O)CCCOc1ccc(C[C@H](NC(=O)OC2COC3OCCC23)[C@H](O)CN(CC(C)C)S(=O)(=O)c2ccc3c(c2)OCO3)cc1. The van der Waals surface area contributed by atoms with Crippen LogP contribution in [0, 0.1) is 11.8 Å². The van der Waals surface area contributed by atoms with E-state index in [1.54, 1.807) is 37.4 Å². The van der Waals surface area contributed by atoms with Gasteiger partial charge in [0.15, 0.2) is 17.8 Å². The van der Waals surface area contributed by atoms with Crippen LogP contribution in [0.1, 0.15) is 38.7 Å². The zero-order valence-electron chi connectivity index (χ0n) is 27.5. The Balaban J connectivity index is 1.30. The normalized spacial score (nSPS) is 21.2. The summed E-state index contributed by atoms with van der Waals surface area (Å²) in [5.41, 5.74) is 0.763. The average Bonchev–Trinajstić information content (AvgIpc) is 3.81. The molecule has 3 aliphatic rings. The molecule has 0 bridgehead atoms. The summed E-state index contributed by atoms with van der Waals surface area (Å²) in [6.45, 7) is 4.69. The summed E-state index contributed by atoms with van der Waals surface area (Å²) >= 11 is 0. The molecule has 0 radical (unpaired) electrons. The van der Waals surface area contributed by atoms with Gasteiger partial charge in [0.05, 0.1) is 42.8 Å². The van der Waals surface area contributed by atoms with E-state index in [9.17, 15) is 23.1 Å². The Labute approximate surface area is 281 Å². The van der Waals surface area contributed by atoms with Gasteiger partial charge in [-0.25, -0.2) is 13.2 Å². The van der Waals surface area contributed by atoms with Crippen LogP contribution in [0.25, 0.3) is 0 Å². The van der Waals surface area contributed by atoms with E-state index in [2.05, 4.69) is 10.6 Å². The maximum absolute atomic E-state index is 13.9. The second-order valence-electron chi connectivity index (χ2n) is 12.5. The fourth-order valence-corrected chi connectivity index (χ4v) is 7.51. The molecule has 0 saturated carbocycles. The first-order chi connectivity index (χ1) is 23.0. The van der Waals surface area contributed by atoms with Crippen LogP contribution in [0.15, 0.2) is 47.4 Å². The highest BCUT2D eigenvalue weighted by molar-refractivity contribution is 7.89. The zero-order chi connectivity index (χ0) is 34.3. The molecule has 0 aromatic heterocycles. The van der Waals surface area contributed by atoms with Gasteiger partial charge in [-0.3, -0.25) is 4.79 Å². The van der Waals surface area contributed by atoms with Gasteiger partial charge in [-0.2, -0.15) is 4.31 Å². The van der Waals surface area contributed by atoms with Crippen LogP contribution in [0.3, 0.4) is 0 Å². The van der Waals surface area contributed by atoms with Crippen molar-refractivity contribution < 1.29 is 51.5 Å². The van der Waals surface area contributed by atoms with E-state index in [-0.39, 0.29) is 55.5 Å². The van der Waals surface area contributed by atoms with Crippen molar-refractivity contribution in [1.29, 1.82) is 0 Å². The lowest BCUT2D eigenvalue weighted by atomic mass is 10.0. The van der Waals surface area contributed by atoms with Crippen LogP contribution < -0.4 is 24.8 Å². The molecule has 3 unspecified atom stereocenters. The first-order valence-corrected chi connectivity index (χ1v) is 17.7. The number of carbonyl (C=O) groups excluding carboxylic acids is 2. The van der Waals surface area contributed by atoms with E-state index in [0.29, 0.717) is 49.7 Å². The van der Waals surface area contributed by atoms with Crippen LogP contribution in [0.5, 0.6) is 17.2 Å². The fourth-order valence-electron chi connectivity index (χ4n) is 5.88. The van der Waals surface area contributed by atoms with Crippen LogP contribution in [-0.2, 0) is 35.4 Å². The summed E-state index contributed by atoms with van der Waals surface area (Å²) in [7, 11) is -2.49. The number of sulfonamides is 1. The van der Waals surface area contributed by atoms with Crippen molar-refractivity contribution in [3.63, 3.8) is 0 Å². The van der Waals surface area contributed by atoms with E-state index in [0.717, 1.165) is 5.56 Å². The number of benzene rings is 2. The monoisotopic (exact) mass is 691 g/mol. The molecule has 2 aromatic rings. The van der Waals surface area contributed by atoms with Gasteiger partial charge in [-0.15, -0.1) is 0 Å². The molecule has 5 rings (SSSR count). The number of rotatable bonds is 16. The molecule has 2 amide bonds. The number of ether oxygens (including phenoxy) is 6. The number of nitrogens with zero attached hydrogens (tertiary/aromatic N) is 1. The van der Waals surface area contributed by atoms with Crippen LogP contribution in [0.4, 0.5) is 4.79 Å². The third kappa shape index (κ3) is 9.08. The second kappa shape index (κ2) is 16.2. The number of hydrogen-bond acceptors (Lipinski definition) is 11. The van der Waals surface area contributed by atoms with Gasteiger partial charge in [-0.05, 0) is 55.0 Å². The first-order valence-electron chi connectivity index (χ1n) is 16.2. The van der Waals surface area contributed by atoms with Crippen molar-refractivity contribution in [3.05, 3.63) is 48.0 Å². The molecular weight excluding hydrogens is 646 g/mol. The van der Waals surface area contributed by atoms with Gasteiger partial charge in [0.1, 0.15) is 11.9 Å². The van der Waals surface area contributed by atoms with Crippen LogP contribution in [0.2, 0.25) is 0 Å². The highest BCUT2D eigenvalue weighted by Crippen LogP contribution is 2.35. The number of fused-ring (bicyclic) bond motifs is 2. The minimum atomic E-state index is -4.08. The average molecular weight is 692 g/mol. The number of aliphatic hydroxyl groups is 1. The van der Waals surface area contributed by atoms with Gasteiger partial charge in [-0.1, -0.05) is 26.0 Å². The lowest BCUT2D eigenvalue weighted by molar-refractivity contribution is -0.120. The van der Waals surface area contributed by atoms with Gasteiger partial charge < -0.3 is 44.2 Å². The van der Waals surface area contributed by atoms with Gasteiger partial charge in [0, 0.05) is 32.6 Å². The minimum Gasteiger partial charge on any atom is -0.494 e. The molecule has 0 aliphatic carbocycles. The van der Waals surface area contributed by atoms with E-state index < -0.39 is 40.7 Å². The van der Waals surface area contributed by atoms with E-state index in [1.165, 1.54) is 16.4 Å². The van der Waals surface area contributed by atoms with E-state index in [1.807, 2.05) is 13.8 Å². The maximum atomic E-state index is 13.9. The van der Waals surface area contributed by atoms with Gasteiger partial charge in [0.25, 0.3) is 0 Å². The van der Waals surface area contributed by atoms with E-state index >= 15 is 0 Å². The molecule has 2 saturated heterocycles. The second-order valence-corrected chi connectivity index (χ2v) is 14.4.